The summed E-state index contributed by atoms with van der Waals surface area (Å²) in [5.41, 5.74) is 6.08. The van der Waals surface area contributed by atoms with Crippen LogP contribution in [-0.2, 0) is 0 Å². The van der Waals surface area contributed by atoms with E-state index in [4.69, 9.17) is 5.73 Å². The Bertz CT molecular complexity index is 388. The minimum absolute atomic E-state index is 0.110. The molecule has 2 rings (SSSR count). The number of aromatic nitrogens is 2. The molecule has 1 amide bonds. The molecule has 4 N–H and O–H groups in total. The molecule has 1 fully saturated rings. The fraction of sp³-hybridized carbons (Fsp3) is 0.667. The molecule has 5 heteroatoms. The molecule has 0 spiro atoms. The fourth-order valence-corrected chi connectivity index (χ4v) is 2.61. The molecule has 0 bridgehead atoms. The molecule has 1 aliphatic rings. The van der Waals surface area contributed by atoms with Gasteiger partial charge in [0, 0.05) is 6.04 Å². The Labute approximate surface area is 101 Å². The lowest BCUT2D eigenvalue weighted by Crippen LogP contribution is -2.42. The molecule has 2 unspecified atom stereocenters. The highest BCUT2D eigenvalue weighted by Gasteiger charge is 2.26. The number of H-pyrrole nitrogens is 1. The van der Waals surface area contributed by atoms with E-state index >= 15 is 0 Å². The average Bonchev–Trinajstić information content (AvgIpc) is 2.76. The van der Waals surface area contributed by atoms with Crippen LogP contribution in [0.1, 0.15) is 49.4 Å². The smallest absolute Gasteiger partial charge is 0.256 e. The number of amides is 1. The van der Waals surface area contributed by atoms with Crippen LogP contribution in [0.5, 0.6) is 0 Å². The number of nitrogens with one attached hydrogen (secondary N) is 2. The average molecular weight is 236 g/mol. The quantitative estimate of drug-likeness (QED) is 0.746. The molecular formula is C12H20N4O. The van der Waals surface area contributed by atoms with Gasteiger partial charge in [0.15, 0.2) is 0 Å². The van der Waals surface area contributed by atoms with Gasteiger partial charge in [0.1, 0.15) is 11.4 Å². The predicted molar refractivity (Wildman–Crippen MR) is 66.5 cm³/mol. The Hall–Kier alpha value is -1.52. The number of hydrogen-bond acceptors (Lipinski definition) is 3. The van der Waals surface area contributed by atoms with Gasteiger partial charge in [-0.25, -0.2) is 0 Å². The first-order valence-corrected chi connectivity index (χ1v) is 6.32. The molecule has 0 saturated heterocycles. The summed E-state index contributed by atoms with van der Waals surface area (Å²) in [5.74, 6) is 0.828. The number of nitrogen functional groups attached to an aromatic ring is 1. The van der Waals surface area contributed by atoms with E-state index in [1.807, 2.05) is 0 Å². The van der Waals surface area contributed by atoms with Crippen LogP contribution in [0.25, 0.3) is 0 Å². The van der Waals surface area contributed by atoms with Gasteiger partial charge in [-0.15, -0.1) is 0 Å². The molecule has 0 radical (unpaired) electrons. The highest BCUT2D eigenvalue weighted by molar-refractivity contribution is 5.98. The molecule has 1 aromatic heterocycles. The van der Waals surface area contributed by atoms with Crippen LogP contribution in [0.3, 0.4) is 0 Å². The second-order valence-corrected chi connectivity index (χ2v) is 4.73. The molecule has 1 saturated carbocycles. The zero-order chi connectivity index (χ0) is 12.3. The maximum atomic E-state index is 12.0. The standard InChI is InChI=1S/C12H20N4O/c1-2-8-5-3-4-6-10(8)15-12(17)9-7-14-16-11(9)13/h7-8,10H,2-6H2,1H3,(H,15,17)(H3,13,14,16). The third kappa shape index (κ3) is 2.60. The van der Waals surface area contributed by atoms with Gasteiger partial charge >= 0.3 is 0 Å². The monoisotopic (exact) mass is 236 g/mol. The molecule has 0 aromatic carbocycles. The third-order valence-corrected chi connectivity index (χ3v) is 3.66. The van der Waals surface area contributed by atoms with Crippen LogP contribution in [0.2, 0.25) is 0 Å². The van der Waals surface area contributed by atoms with Crippen molar-refractivity contribution in [2.45, 2.75) is 45.1 Å². The SMILES string of the molecule is CCC1CCCCC1NC(=O)c1cn[nH]c1N. The first-order valence-electron chi connectivity index (χ1n) is 6.32. The number of hydrogen-bond donors (Lipinski definition) is 3. The summed E-state index contributed by atoms with van der Waals surface area (Å²) in [5, 5.41) is 9.43. The number of carbonyl (C=O) groups is 1. The van der Waals surface area contributed by atoms with Crippen molar-refractivity contribution in [3.05, 3.63) is 11.8 Å². The van der Waals surface area contributed by atoms with Crippen molar-refractivity contribution in [3.8, 4) is 0 Å². The first-order chi connectivity index (χ1) is 8.22. The molecule has 94 valence electrons. The van der Waals surface area contributed by atoms with E-state index in [1.54, 1.807) is 0 Å². The van der Waals surface area contributed by atoms with Crippen molar-refractivity contribution in [2.75, 3.05) is 5.73 Å². The van der Waals surface area contributed by atoms with E-state index in [-0.39, 0.29) is 11.9 Å². The van der Waals surface area contributed by atoms with E-state index in [1.165, 1.54) is 25.5 Å². The van der Waals surface area contributed by atoms with Gasteiger partial charge in [-0.1, -0.05) is 26.2 Å². The van der Waals surface area contributed by atoms with Crippen molar-refractivity contribution >= 4 is 11.7 Å². The first kappa shape index (κ1) is 12.0. The lowest BCUT2D eigenvalue weighted by Gasteiger charge is -2.31. The normalized spacial score (nSPS) is 24.5. The van der Waals surface area contributed by atoms with Crippen LogP contribution in [0.4, 0.5) is 5.82 Å². The van der Waals surface area contributed by atoms with Gasteiger partial charge in [0.25, 0.3) is 5.91 Å². The van der Waals surface area contributed by atoms with Gasteiger partial charge in [0.05, 0.1) is 6.20 Å². The van der Waals surface area contributed by atoms with Gasteiger partial charge < -0.3 is 11.1 Å². The zero-order valence-electron chi connectivity index (χ0n) is 10.2. The van der Waals surface area contributed by atoms with Crippen LogP contribution in [-0.4, -0.2) is 22.1 Å². The predicted octanol–water partition coefficient (Wildman–Crippen LogP) is 1.69. The number of nitrogens with two attached hydrogens (primary N) is 1. The molecule has 1 aromatic rings. The van der Waals surface area contributed by atoms with Crippen LogP contribution in [0, 0.1) is 5.92 Å². The summed E-state index contributed by atoms with van der Waals surface area (Å²) in [6.07, 6.45) is 7.35. The minimum Gasteiger partial charge on any atom is -0.383 e. The third-order valence-electron chi connectivity index (χ3n) is 3.66. The van der Waals surface area contributed by atoms with Crippen molar-refractivity contribution in [1.29, 1.82) is 0 Å². The fourth-order valence-electron chi connectivity index (χ4n) is 2.61. The van der Waals surface area contributed by atoms with Gasteiger partial charge in [-0.3, -0.25) is 9.89 Å². The molecule has 0 aliphatic heterocycles. The highest BCUT2D eigenvalue weighted by atomic mass is 16.1. The van der Waals surface area contributed by atoms with Gasteiger partial charge in [-0.2, -0.15) is 5.10 Å². The Morgan fingerprint density at radius 3 is 3.00 bits per heavy atom. The van der Waals surface area contributed by atoms with E-state index in [0.29, 0.717) is 17.3 Å². The molecule has 2 atom stereocenters. The van der Waals surface area contributed by atoms with Crippen molar-refractivity contribution in [1.82, 2.24) is 15.5 Å². The van der Waals surface area contributed by atoms with Crippen LogP contribution >= 0.6 is 0 Å². The lowest BCUT2D eigenvalue weighted by atomic mass is 9.83. The van der Waals surface area contributed by atoms with Gasteiger partial charge in [0.2, 0.25) is 0 Å². The Morgan fingerprint density at radius 1 is 1.59 bits per heavy atom. The summed E-state index contributed by atoms with van der Waals surface area (Å²) in [6, 6.07) is 0.288. The maximum Gasteiger partial charge on any atom is 0.256 e. The van der Waals surface area contributed by atoms with Crippen molar-refractivity contribution in [2.24, 2.45) is 5.92 Å². The topological polar surface area (TPSA) is 83.8 Å². The minimum atomic E-state index is -0.110. The molecule has 1 heterocycles. The second kappa shape index (κ2) is 5.21. The Morgan fingerprint density at radius 2 is 2.35 bits per heavy atom. The maximum absolute atomic E-state index is 12.0. The van der Waals surface area contributed by atoms with E-state index in [9.17, 15) is 4.79 Å². The van der Waals surface area contributed by atoms with Gasteiger partial charge in [-0.05, 0) is 18.8 Å². The van der Waals surface area contributed by atoms with Crippen molar-refractivity contribution in [3.63, 3.8) is 0 Å². The van der Waals surface area contributed by atoms with Crippen LogP contribution in [0.15, 0.2) is 6.20 Å². The second-order valence-electron chi connectivity index (χ2n) is 4.73. The van der Waals surface area contributed by atoms with Crippen molar-refractivity contribution < 1.29 is 4.79 Å². The molecule has 1 aliphatic carbocycles. The molecular weight excluding hydrogens is 216 g/mol. The summed E-state index contributed by atoms with van der Waals surface area (Å²) < 4.78 is 0. The number of nitrogens with zero attached hydrogens (tertiary/aromatic N) is 1. The zero-order valence-corrected chi connectivity index (χ0v) is 10.2. The highest BCUT2D eigenvalue weighted by Crippen LogP contribution is 2.27. The summed E-state index contributed by atoms with van der Waals surface area (Å²) in [4.78, 5) is 12.0. The largest absolute Gasteiger partial charge is 0.383 e. The number of anilines is 1. The van der Waals surface area contributed by atoms with Crippen LogP contribution < -0.4 is 11.1 Å². The molecule has 17 heavy (non-hydrogen) atoms. The number of carbonyl (C=O) groups excluding carboxylic acids is 1. The van der Waals surface area contributed by atoms with E-state index in [0.717, 1.165) is 12.8 Å². The summed E-state index contributed by atoms with van der Waals surface area (Å²) in [6.45, 7) is 2.18. The molecule has 5 nitrogen and oxygen atoms in total. The Kier molecular flexibility index (Phi) is 3.66. The van der Waals surface area contributed by atoms with E-state index in [2.05, 4.69) is 22.4 Å². The number of aromatic amines is 1. The summed E-state index contributed by atoms with van der Waals surface area (Å²) >= 11 is 0. The van der Waals surface area contributed by atoms with E-state index < -0.39 is 0 Å². The number of rotatable bonds is 3. The lowest BCUT2D eigenvalue weighted by molar-refractivity contribution is 0.0905. The Balaban J connectivity index is 2.00. The summed E-state index contributed by atoms with van der Waals surface area (Å²) in [7, 11) is 0.